The second-order valence-corrected chi connectivity index (χ2v) is 6.99. The van der Waals surface area contributed by atoms with E-state index in [4.69, 9.17) is 4.74 Å². The van der Waals surface area contributed by atoms with Crippen LogP contribution in [-0.2, 0) is 12.8 Å². The summed E-state index contributed by atoms with van der Waals surface area (Å²) in [6.07, 6.45) is 2.08. The molecule has 146 valence electrons. The smallest absolute Gasteiger partial charge is 0.130 e. The maximum Gasteiger partial charge on any atom is 0.130 e. The molecule has 1 unspecified atom stereocenters. The van der Waals surface area contributed by atoms with E-state index < -0.39 is 0 Å². The summed E-state index contributed by atoms with van der Waals surface area (Å²) in [7, 11) is 0. The van der Waals surface area contributed by atoms with Gasteiger partial charge in [-0.2, -0.15) is 9.90 Å². The van der Waals surface area contributed by atoms with Gasteiger partial charge in [0, 0.05) is 6.42 Å². The molecule has 0 spiro atoms. The fraction of sp³-hybridized carbons (Fsp3) is 0.0769. The number of ether oxygens (including phenoxy) is 1. The minimum Gasteiger partial charge on any atom is -0.457 e. The minimum atomic E-state index is 0. The monoisotopic (exact) mass is 400 g/mol. The third kappa shape index (κ3) is 4.10. The summed E-state index contributed by atoms with van der Waals surface area (Å²) in [5.41, 5.74) is 8.29. The van der Waals surface area contributed by atoms with Crippen molar-refractivity contribution in [1.82, 2.24) is 0 Å². The van der Waals surface area contributed by atoms with Gasteiger partial charge in [-0.15, -0.1) is 0 Å². The van der Waals surface area contributed by atoms with E-state index >= 15 is 0 Å². The second kappa shape index (κ2) is 9.05. The highest BCUT2D eigenvalue weighted by Gasteiger charge is 2.16. The van der Waals surface area contributed by atoms with Crippen LogP contribution in [0.1, 0.15) is 22.3 Å². The molecule has 0 radical (unpaired) electrons. The summed E-state index contributed by atoms with van der Waals surface area (Å²) in [5.74, 6) is 1.98. The van der Waals surface area contributed by atoms with Gasteiger partial charge < -0.3 is 10.2 Å². The topological polar surface area (TPSA) is 40.7 Å². The third-order valence-electron chi connectivity index (χ3n) is 5.25. The first-order valence-corrected chi connectivity index (χ1v) is 9.38. The standard InChI is InChI=1S/C13H10O.C13H10.H2O.H3P/c1-3-7-12-10(5-1)9-11-6-2-4-8-13(11)14-12;1-3-7-12-10(5-1)9-11-6-2-4-8-13(11)12;;/h1-8H,9H2;1-8H,9H2;1H2;1H3. The van der Waals surface area contributed by atoms with Crippen molar-refractivity contribution in [2.45, 2.75) is 12.8 Å². The fourth-order valence-electron chi connectivity index (χ4n) is 3.90. The molecule has 3 heteroatoms. The van der Waals surface area contributed by atoms with Crippen LogP contribution in [0.4, 0.5) is 0 Å². The molecule has 0 amide bonds. The Hall–Kier alpha value is -2.93. The lowest BCUT2D eigenvalue weighted by atomic mass is 10.0. The molecule has 4 aromatic rings. The zero-order chi connectivity index (χ0) is 18.1. The van der Waals surface area contributed by atoms with Crippen LogP contribution in [0, 0.1) is 0 Å². The molecule has 2 aliphatic rings. The van der Waals surface area contributed by atoms with Crippen LogP contribution >= 0.6 is 9.90 Å². The number of para-hydroxylation sites is 2. The van der Waals surface area contributed by atoms with E-state index in [1.807, 2.05) is 24.3 Å². The third-order valence-corrected chi connectivity index (χ3v) is 5.25. The van der Waals surface area contributed by atoms with Crippen LogP contribution in [0.25, 0.3) is 11.1 Å². The highest BCUT2D eigenvalue weighted by atomic mass is 31.0. The van der Waals surface area contributed by atoms with Gasteiger partial charge in [-0.3, -0.25) is 0 Å². The van der Waals surface area contributed by atoms with E-state index in [2.05, 4.69) is 72.8 Å². The Balaban J connectivity index is 0.000000155. The average molecular weight is 400 g/mol. The van der Waals surface area contributed by atoms with Crippen LogP contribution in [0.3, 0.4) is 0 Å². The number of rotatable bonds is 0. The van der Waals surface area contributed by atoms with Gasteiger partial charge in [0.15, 0.2) is 0 Å². The number of fused-ring (bicyclic) bond motifs is 5. The summed E-state index contributed by atoms with van der Waals surface area (Å²) >= 11 is 0. The SMILES string of the molecule is O.P.c1ccc2c(c1)Cc1ccccc1-2.c1ccc2c(c1)Cc1ccccc1O2. The van der Waals surface area contributed by atoms with Gasteiger partial charge in [0.2, 0.25) is 0 Å². The molecule has 0 fully saturated rings. The molecule has 6 rings (SSSR count). The Morgan fingerprint density at radius 2 is 0.793 bits per heavy atom. The Labute approximate surface area is 175 Å². The first-order valence-electron chi connectivity index (χ1n) is 9.38. The second-order valence-electron chi connectivity index (χ2n) is 6.99. The Morgan fingerprint density at radius 3 is 1.28 bits per heavy atom. The maximum absolute atomic E-state index is 5.78. The van der Waals surface area contributed by atoms with Crippen LogP contribution in [0.2, 0.25) is 0 Å². The van der Waals surface area contributed by atoms with Crippen molar-refractivity contribution in [3.8, 4) is 22.6 Å². The van der Waals surface area contributed by atoms with E-state index in [9.17, 15) is 0 Å². The summed E-state index contributed by atoms with van der Waals surface area (Å²) < 4.78 is 5.78. The molecule has 0 aromatic heterocycles. The summed E-state index contributed by atoms with van der Waals surface area (Å²) in [4.78, 5) is 0. The van der Waals surface area contributed by atoms with Crippen molar-refractivity contribution in [2.24, 2.45) is 0 Å². The highest BCUT2D eigenvalue weighted by molar-refractivity contribution is 6.92. The molecule has 1 aliphatic carbocycles. The first kappa shape index (κ1) is 20.8. The van der Waals surface area contributed by atoms with E-state index in [-0.39, 0.29) is 15.4 Å². The molecule has 0 bridgehead atoms. The summed E-state index contributed by atoms with van der Waals surface area (Å²) in [6.45, 7) is 0. The van der Waals surface area contributed by atoms with Gasteiger partial charge in [-0.1, -0.05) is 84.9 Å². The molecule has 0 saturated heterocycles. The Morgan fingerprint density at radius 1 is 0.448 bits per heavy atom. The van der Waals surface area contributed by atoms with Crippen molar-refractivity contribution in [1.29, 1.82) is 0 Å². The van der Waals surface area contributed by atoms with Gasteiger partial charge in [0.1, 0.15) is 11.5 Å². The van der Waals surface area contributed by atoms with Crippen LogP contribution in [0.5, 0.6) is 11.5 Å². The molecule has 1 heterocycles. The minimum absolute atomic E-state index is 0. The fourth-order valence-corrected chi connectivity index (χ4v) is 3.90. The largest absolute Gasteiger partial charge is 0.457 e. The predicted molar refractivity (Wildman–Crippen MR) is 125 cm³/mol. The Bertz CT molecular complexity index is 990. The normalized spacial score (nSPS) is 11.6. The summed E-state index contributed by atoms with van der Waals surface area (Å²) in [6, 6.07) is 33.7. The van der Waals surface area contributed by atoms with Gasteiger partial charge in [-0.05, 0) is 51.9 Å². The van der Waals surface area contributed by atoms with Gasteiger partial charge in [0.25, 0.3) is 0 Å². The van der Waals surface area contributed by atoms with Crippen molar-refractivity contribution in [3.63, 3.8) is 0 Å². The maximum atomic E-state index is 5.78. The molecule has 1 aliphatic heterocycles. The van der Waals surface area contributed by atoms with Gasteiger partial charge >= 0.3 is 0 Å². The van der Waals surface area contributed by atoms with Crippen molar-refractivity contribution < 1.29 is 10.2 Å². The van der Waals surface area contributed by atoms with Gasteiger partial charge in [-0.25, -0.2) is 0 Å². The van der Waals surface area contributed by atoms with Crippen LogP contribution in [-0.4, -0.2) is 5.48 Å². The lowest BCUT2D eigenvalue weighted by Crippen LogP contribution is -2.01. The Kier molecular flexibility index (Phi) is 6.49. The molecular formula is C26H25O2P. The molecule has 4 aromatic carbocycles. The van der Waals surface area contributed by atoms with Crippen molar-refractivity contribution >= 4 is 9.90 Å². The average Bonchev–Trinajstić information content (AvgIpc) is 3.11. The summed E-state index contributed by atoms with van der Waals surface area (Å²) in [5, 5.41) is 0. The van der Waals surface area contributed by atoms with E-state index in [0.29, 0.717) is 0 Å². The van der Waals surface area contributed by atoms with E-state index in [1.54, 1.807) is 0 Å². The number of hydrogen-bond donors (Lipinski definition) is 0. The van der Waals surface area contributed by atoms with Crippen molar-refractivity contribution in [2.75, 3.05) is 0 Å². The zero-order valence-corrected chi connectivity index (χ0v) is 17.7. The molecule has 2 nitrogen and oxygen atoms in total. The van der Waals surface area contributed by atoms with E-state index in [0.717, 1.165) is 24.3 Å². The first-order chi connectivity index (χ1) is 13.4. The molecule has 2 N–H and O–H groups in total. The quantitative estimate of drug-likeness (QED) is 0.294. The predicted octanol–water partition coefficient (Wildman–Crippen LogP) is 5.87. The lowest BCUT2D eigenvalue weighted by Gasteiger charge is -2.19. The van der Waals surface area contributed by atoms with Crippen molar-refractivity contribution in [3.05, 3.63) is 119 Å². The lowest BCUT2D eigenvalue weighted by molar-refractivity contribution is 0.460. The highest BCUT2D eigenvalue weighted by Crippen LogP contribution is 2.36. The van der Waals surface area contributed by atoms with Crippen LogP contribution in [0.15, 0.2) is 97.1 Å². The van der Waals surface area contributed by atoms with Gasteiger partial charge in [0.05, 0.1) is 0 Å². The molecule has 1 atom stereocenters. The van der Waals surface area contributed by atoms with E-state index in [1.165, 1.54) is 33.4 Å². The molecule has 29 heavy (non-hydrogen) atoms. The molecule has 0 saturated carbocycles. The molecular weight excluding hydrogens is 375 g/mol. The number of hydrogen-bond acceptors (Lipinski definition) is 1. The number of benzene rings is 4. The zero-order valence-electron chi connectivity index (χ0n) is 16.3. The van der Waals surface area contributed by atoms with Crippen LogP contribution < -0.4 is 4.74 Å².